The first-order chi connectivity index (χ1) is 11.4. The van der Waals surface area contributed by atoms with Crippen LogP contribution in [0.25, 0.3) is 0 Å². The molecule has 2 aromatic rings. The van der Waals surface area contributed by atoms with Crippen LogP contribution in [0.3, 0.4) is 0 Å². The number of hydrogen-bond acceptors (Lipinski definition) is 6. The maximum Gasteiger partial charge on any atom is 0.351 e. The maximum atomic E-state index is 12.3. The predicted molar refractivity (Wildman–Crippen MR) is 84.7 cm³/mol. The number of methoxy groups -OCH3 is 1. The van der Waals surface area contributed by atoms with E-state index < -0.39 is 28.7 Å². The summed E-state index contributed by atoms with van der Waals surface area (Å²) >= 11 is 5.79. The molecule has 0 aliphatic heterocycles. The van der Waals surface area contributed by atoms with Crippen LogP contribution >= 0.6 is 11.6 Å². The van der Waals surface area contributed by atoms with Gasteiger partial charge in [0, 0.05) is 16.7 Å². The lowest BCUT2D eigenvalue weighted by Crippen LogP contribution is -2.21. The van der Waals surface area contributed by atoms with E-state index in [1.807, 2.05) is 0 Å². The first-order valence-corrected chi connectivity index (χ1v) is 7.09. The molecule has 0 N–H and O–H groups in total. The molecule has 0 fully saturated rings. The third kappa shape index (κ3) is 3.88. The number of halogens is 1. The van der Waals surface area contributed by atoms with Gasteiger partial charge in [-0.2, -0.15) is 0 Å². The normalized spacial score (nSPS) is 11.4. The Hall–Kier alpha value is -2.93. The van der Waals surface area contributed by atoms with Gasteiger partial charge in [-0.05, 0) is 12.1 Å². The fourth-order valence-electron chi connectivity index (χ4n) is 1.99. The smallest absolute Gasteiger partial charge is 0.351 e. The summed E-state index contributed by atoms with van der Waals surface area (Å²) in [5, 5.41) is 11.2. The maximum absolute atomic E-state index is 12.3. The number of carbonyl (C=O) groups is 2. The van der Waals surface area contributed by atoms with Crippen molar-refractivity contribution in [2.45, 2.75) is 6.10 Å². The number of rotatable bonds is 5. The second-order valence-electron chi connectivity index (χ2n) is 4.64. The Labute approximate surface area is 141 Å². The van der Waals surface area contributed by atoms with Crippen molar-refractivity contribution in [2.24, 2.45) is 0 Å². The van der Waals surface area contributed by atoms with E-state index in [2.05, 4.69) is 4.74 Å². The summed E-state index contributed by atoms with van der Waals surface area (Å²) in [5.41, 5.74) is -0.444. The zero-order valence-electron chi connectivity index (χ0n) is 12.5. The Morgan fingerprint density at radius 3 is 2.42 bits per heavy atom. The van der Waals surface area contributed by atoms with Crippen molar-refractivity contribution in [1.82, 2.24) is 0 Å². The van der Waals surface area contributed by atoms with E-state index in [0.717, 1.165) is 19.2 Å². The van der Waals surface area contributed by atoms with Crippen LogP contribution in [0.2, 0.25) is 5.02 Å². The molecule has 0 spiro atoms. The van der Waals surface area contributed by atoms with Crippen LogP contribution in [0.15, 0.2) is 48.5 Å². The second-order valence-corrected chi connectivity index (χ2v) is 5.07. The second kappa shape index (κ2) is 7.56. The largest absolute Gasteiger partial charge is 0.466 e. The summed E-state index contributed by atoms with van der Waals surface area (Å²) in [6.45, 7) is 0. The Kier molecular flexibility index (Phi) is 5.49. The first kappa shape index (κ1) is 17.4. The molecule has 2 rings (SSSR count). The molecule has 1 unspecified atom stereocenters. The standard InChI is InChI=1S/C16H12ClNO6/c1-23-16(20)14(10-5-3-2-4-6-10)24-15(19)12-9-11(17)7-8-13(12)18(21)22/h2-9,14H,1H3. The molecule has 124 valence electrons. The van der Waals surface area contributed by atoms with E-state index in [0.29, 0.717) is 5.56 Å². The van der Waals surface area contributed by atoms with Gasteiger partial charge in [-0.15, -0.1) is 0 Å². The van der Waals surface area contributed by atoms with E-state index in [-0.39, 0.29) is 10.6 Å². The highest BCUT2D eigenvalue weighted by atomic mass is 35.5. The van der Waals surface area contributed by atoms with E-state index >= 15 is 0 Å². The number of nitro groups is 1. The van der Waals surface area contributed by atoms with Crippen molar-refractivity contribution in [3.63, 3.8) is 0 Å². The molecular formula is C16H12ClNO6. The molecule has 0 aliphatic rings. The van der Waals surface area contributed by atoms with Crippen molar-refractivity contribution in [1.29, 1.82) is 0 Å². The van der Waals surface area contributed by atoms with Crippen molar-refractivity contribution in [2.75, 3.05) is 7.11 Å². The van der Waals surface area contributed by atoms with Crippen LogP contribution in [0.1, 0.15) is 22.0 Å². The van der Waals surface area contributed by atoms with E-state index in [1.165, 1.54) is 6.07 Å². The van der Waals surface area contributed by atoms with Gasteiger partial charge in [-0.3, -0.25) is 10.1 Å². The van der Waals surface area contributed by atoms with Crippen molar-refractivity contribution in [3.8, 4) is 0 Å². The van der Waals surface area contributed by atoms with Crippen molar-refractivity contribution in [3.05, 3.63) is 74.8 Å². The van der Waals surface area contributed by atoms with Gasteiger partial charge in [0.15, 0.2) is 0 Å². The molecule has 0 heterocycles. The molecule has 0 saturated heterocycles. The molecule has 0 bridgehead atoms. The van der Waals surface area contributed by atoms with Crippen LogP contribution in [-0.4, -0.2) is 24.0 Å². The predicted octanol–water partition coefficient (Wildman–Crippen LogP) is 3.32. The fraction of sp³-hybridized carbons (Fsp3) is 0.125. The Bertz CT molecular complexity index is 777. The molecule has 0 radical (unpaired) electrons. The molecule has 24 heavy (non-hydrogen) atoms. The number of esters is 2. The highest BCUT2D eigenvalue weighted by molar-refractivity contribution is 6.31. The molecule has 0 amide bonds. The molecular weight excluding hydrogens is 338 g/mol. The van der Waals surface area contributed by atoms with E-state index in [4.69, 9.17) is 16.3 Å². The van der Waals surface area contributed by atoms with Gasteiger partial charge >= 0.3 is 11.9 Å². The first-order valence-electron chi connectivity index (χ1n) is 6.71. The fourth-order valence-corrected chi connectivity index (χ4v) is 2.16. The number of hydrogen-bond donors (Lipinski definition) is 0. The number of nitro benzene ring substituents is 1. The average Bonchev–Trinajstić information content (AvgIpc) is 2.59. The summed E-state index contributed by atoms with van der Waals surface area (Å²) in [6.07, 6.45) is -1.35. The average molecular weight is 350 g/mol. The molecule has 0 aromatic heterocycles. The van der Waals surface area contributed by atoms with Gasteiger partial charge < -0.3 is 9.47 Å². The Morgan fingerprint density at radius 2 is 1.83 bits per heavy atom. The van der Waals surface area contributed by atoms with Gasteiger partial charge in [0.25, 0.3) is 5.69 Å². The SMILES string of the molecule is COC(=O)C(OC(=O)c1cc(Cl)ccc1[N+](=O)[O-])c1ccccc1. The van der Waals surface area contributed by atoms with Gasteiger partial charge in [0.2, 0.25) is 6.10 Å². The van der Waals surface area contributed by atoms with Crippen LogP contribution in [0.5, 0.6) is 0 Å². The molecule has 0 aliphatic carbocycles. The summed E-state index contributed by atoms with van der Waals surface area (Å²) in [5.74, 6) is -1.86. The minimum atomic E-state index is -1.35. The Morgan fingerprint density at radius 1 is 1.17 bits per heavy atom. The quantitative estimate of drug-likeness (QED) is 0.466. The van der Waals surface area contributed by atoms with Gasteiger partial charge in [-0.25, -0.2) is 9.59 Å². The molecule has 1 atom stereocenters. The lowest BCUT2D eigenvalue weighted by atomic mass is 10.1. The third-order valence-electron chi connectivity index (χ3n) is 3.12. The van der Waals surface area contributed by atoms with Crippen LogP contribution < -0.4 is 0 Å². The topological polar surface area (TPSA) is 95.7 Å². The number of ether oxygens (including phenoxy) is 2. The summed E-state index contributed by atoms with van der Waals surface area (Å²) in [4.78, 5) is 34.6. The zero-order chi connectivity index (χ0) is 17.7. The van der Waals surface area contributed by atoms with E-state index in [9.17, 15) is 19.7 Å². The van der Waals surface area contributed by atoms with Crippen molar-refractivity contribution >= 4 is 29.2 Å². The highest BCUT2D eigenvalue weighted by Crippen LogP contribution is 2.27. The summed E-state index contributed by atoms with van der Waals surface area (Å²) < 4.78 is 9.77. The van der Waals surface area contributed by atoms with Crippen LogP contribution in [-0.2, 0) is 14.3 Å². The van der Waals surface area contributed by atoms with Crippen LogP contribution in [0, 0.1) is 10.1 Å². The van der Waals surface area contributed by atoms with Gasteiger partial charge in [0.1, 0.15) is 5.56 Å². The zero-order valence-corrected chi connectivity index (χ0v) is 13.2. The number of nitrogens with zero attached hydrogens (tertiary/aromatic N) is 1. The van der Waals surface area contributed by atoms with Gasteiger partial charge in [-0.1, -0.05) is 41.9 Å². The minimum Gasteiger partial charge on any atom is -0.466 e. The van der Waals surface area contributed by atoms with Crippen LogP contribution in [0.4, 0.5) is 5.69 Å². The Balaban J connectivity index is 2.37. The molecule has 0 saturated carbocycles. The highest BCUT2D eigenvalue weighted by Gasteiger charge is 2.29. The molecule has 7 nitrogen and oxygen atoms in total. The lowest BCUT2D eigenvalue weighted by Gasteiger charge is -2.16. The number of benzene rings is 2. The molecule has 8 heteroatoms. The number of carbonyl (C=O) groups excluding carboxylic acids is 2. The third-order valence-corrected chi connectivity index (χ3v) is 3.35. The monoisotopic (exact) mass is 349 g/mol. The summed E-state index contributed by atoms with van der Waals surface area (Å²) in [6, 6.07) is 11.7. The molecule has 2 aromatic carbocycles. The lowest BCUT2D eigenvalue weighted by molar-refractivity contribution is -0.385. The minimum absolute atomic E-state index is 0.127. The van der Waals surface area contributed by atoms with E-state index in [1.54, 1.807) is 30.3 Å². The van der Waals surface area contributed by atoms with Gasteiger partial charge in [0.05, 0.1) is 12.0 Å². The summed E-state index contributed by atoms with van der Waals surface area (Å²) in [7, 11) is 1.15. The van der Waals surface area contributed by atoms with Crippen molar-refractivity contribution < 1.29 is 24.0 Å².